The Hall–Kier alpha value is -3.65. The third-order valence-electron chi connectivity index (χ3n) is 5.44. The molecule has 35 heavy (non-hydrogen) atoms. The van der Waals surface area contributed by atoms with Crippen molar-refractivity contribution in [3.05, 3.63) is 57.5 Å². The molecular formula is C20H20F6N8O. The second-order valence-corrected chi connectivity index (χ2v) is 8.16. The van der Waals surface area contributed by atoms with Gasteiger partial charge in [0.25, 0.3) is 5.56 Å². The van der Waals surface area contributed by atoms with Gasteiger partial charge in [-0.05, 0) is 19.8 Å². The van der Waals surface area contributed by atoms with Crippen LogP contribution in [0.2, 0.25) is 0 Å². The highest BCUT2D eigenvalue weighted by Gasteiger charge is 2.37. The molecule has 1 aliphatic heterocycles. The Morgan fingerprint density at radius 3 is 2.43 bits per heavy atom. The van der Waals surface area contributed by atoms with Gasteiger partial charge in [0.05, 0.1) is 29.7 Å². The molecule has 0 saturated carbocycles. The summed E-state index contributed by atoms with van der Waals surface area (Å²) in [5.74, 6) is 0.176. The van der Waals surface area contributed by atoms with E-state index in [2.05, 4.69) is 25.5 Å². The SMILES string of the molecule is C[C@@H](CCCn1cc2c(n1)CN(c1ncc(C(F)(F)F)cn1)C2)Nc1cn[nH]c(=O)c1C(F)(F)F. The fourth-order valence-corrected chi connectivity index (χ4v) is 3.78. The summed E-state index contributed by atoms with van der Waals surface area (Å²) in [6.07, 6.45) is -3.98. The lowest BCUT2D eigenvalue weighted by Crippen LogP contribution is -2.27. The van der Waals surface area contributed by atoms with E-state index in [1.807, 2.05) is 6.20 Å². The number of aromatic amines is 1. The topological polar surface area (TPSA) is 105 Å². The summed E-state index contributed by atoms with van der Waals surface area (Å²) in [7, 11) is 0. The third kappa shape index (κ3) is 5.54. The van der Waals surface area contributed by atoms with Crippen molar-refractivity contribution in [1.82, 2.24) is 29.9 Å². The van der Waals surface area contributed by atoms with Crippen LogP contribution >= 0.6 is 0 Å². The van der Waals surface area contributed by atoms with E-state index in [-0.39, 0.29) is 17.7 Å². The molecule has 0 bridgehead atoms. The zero-order chi connectivity index (χ0) is 25.4. The van der Waals surface area contributed by atoms with E-state index in [1.165, 1.54) is 0 Å². The molecule has 2 N–H and O–H groups in total. The zero-order valence-corrected chi connectivity index (χ0v) is 18.3. The molecule has 3 aromatic rings. The van der Waals surface area contributed by atoms with Gasteiger partial charge < -0.3 is 10.2 Å². The van der Waals surface area contributed by atoms with Gasteiger partial charge in [-0.3, -0.25) is 9.48 Å². The molecule has 0 radical (unpaired) electrons. The van der Waals surface area contributed by atoms with Gasteiger partial charge in [0, 0.05) is 43.3 Å². The number of aryl methyl sites for hydroxylation is 1. The predicted octanol–water partition coefficient (Wildman–Crippen LogP) is 3.60. The van der Waals surface area contributed by atoms with Crippen LogP contribution in [0.25, 0.3) is 0 Å². The van der Waals surface area contributed by atoms with Crippen molar-refractivity contribution in [3.63, 3.8) is 0 Å². The van der Waals surface area contributed by atoms with Crippen LogP contribution in [0.15, 0.2) is 29.6 Å². The second-order valence-electron chi connectivity index (χ2n) is 8.16. The van der Waals surface area contributed by atoms with Crippen LogP contribution in [-0.4, -0.2) is 36.0 Å². The van der Waals surface area contributed by atoms with Crippen LogP contribution in [-0.2, 0) is 32.0 Å². The quantitative estimate of drug-likeness (QED) is 0.476. The Bertz CT molecular complexity index is 1210. The van der Waals surface area contributed by atoms with Crippen molar-refractivity contribution in [3.8, 4) is 0 Å². The van der Waals surface area contributed by atoms with Crippen LogP contribution in [0.5, 0.6) is 0 Å². The number of nitrogens with one attached hydrogen (secondary N) is 2. The molecule has 0 saturated heterocycles. The van der Waals surface area contributed by atoms with Crippen molar-refractivity contribution in [2.45, 2.75) is 57.8 Å². The van der Waals surface area contributed by atoms with Crippen LogP contribution in [0.4, 0.5) is 38.0 Å². The van der Waals surface area contributed by atoms with Crippen molar-refractivity contribution < 1.29 is 26.3 Å². The number of alkyl halides is 6. The van der Waals surface area contributed by atoms with E-state index in [0.29, 0.717) is 32.5 Å². The van der Waals surface area contributed by atoms with Crippen LogP contribution in [0.1, 0.15) is 42.1 Å². The van der Waals surface area contributed by atoms with Gasteiger partial charge in [-0.15, -0.1) is 0 Å². The summed E-state index contributed by atoms with van der Waals surface area (Å²) >= 11 is 0. The highest BCUT2D eigenvalue weighted by atomic mass is 19.4. The minimum atomic E-state index is -4.81. The molecule has 0 amide bonds. The fourth-order valence-electron chi connectivity index (χ4n) is 3.78. The third-order valence-corrected chi connectivity index (χ3v) is 5.44. The van der Waals surface area contributed by atoms with Gasteiger partial charge in [0.15, 0.2) is 0 Å². The van der Waals surface area contributed by atoms with Gasteiger partial charge in [0.1, 0.15) is 5.56 Å². The van der Waals surface area contributed by atoms with Gasteiger partial charge in [0.2, 0.25) is 5.95 Å². The lowest BCUT2D eigenvalue weighted by molar-refractivity contribution is -0.139. The number of nitrogens with zero attached hydrogens (tertiary/aromatic N) is 6. The van der Waals surface area contributed by atoms with Crippen LogP contribution in [0.3, 0.4) is 0 Å². The molecule has 0 aromatic carbocycles. The highest BCUT2D eigenvalue weighted by molar-refractivity contribution is 5.50. The van der Waals surface area contributed by atoms with E-state index in [0.717, 1.165) is 29.8 Å². The summed E-state index contributed by atoms with van der Waals surface area (Å²) < 4.78 is 79.2. The maximum absolute atomic E-state index is 13.2. The molecule has 0 spiro atoms. The molecule has 4 rings (SSSR count). The first kappa shape index (κ1) is 24.5. The maximum atomic E-state index is 13.2. The van der Waals surface area contributed by atoms with Gasteiger partial charge in [-0.25, -0.2) is 15.1 Å². The molecule has 9 nitrogen and oxygen atoms in total. The molecule has 15 heteroatoms. The monoisotopic (exact) mass is 502 g/mol. The summed E-state index contributed by atoms with van der Waals surface area (Å²) in [4.78, 5) is 20.9. The molecule has 1 atom stereocenters. The molecule has 0 aliphatic carbocycles. The smallest absolute Gasteiger partial charge is 0.381 e. The summed E-state index contributed by atoms with van der Waals surface area (Å²) in [5, 5.41) is 12.4. The van der Waals surface area contributed by atoms with Crippen molar-refractivity contribution >= 4 is 11.6 Å². The zero-order valence-electron chi connectivity index (χ0n) is 18.3. The predicted molar refractivity (Wildman–Crippen MR) is 111 cm³/mol. The molecular weight excluding hydrogens is 482 g/mol. The van der Waals surface area contributed by atoms with Gasteiger partial charge in [-0.1, -0.05) is 0 Å². The minimum Gasteiger partial charge on any atom is -0.381 e. The van der Waals surface area contributed by atoms with E-state index in [4.69, 9.17) is 0 Å². The molecule has 3 aromatic heterocycles. The Morgan fingerprint density at radius 2 is 1.80 bits per heavy atom. The number of rotatable bonds is 7. The minimum absolute atomic E-state index is 0.176. The number of hydrogen-bond acceptors (Lipinski definition) is 7. The largest absolute Gasteiger partial charge is 0.423 e. The Balaban J connectivity index is 1.29. The maximum Gasteiger partial charge on any atom is 0.423 e. The standard InChI is InChI=1S/C20H20F6N8O/c1-11(30-14-7-29-31-17(35)16(14)20(24,25)26)3-2-4-34-9-12-8-33(10-15(12)32-34)18-27-5-13(6-28-18)19(21,22)23/h5-7,9,11H,2-4,8,10H2,1H3,(H2,30,31,35)/t11-/m0/s1. The summed E-state index contributed by atoms with van der Waals surface area (Å²) in [5.41, 5.74) is -2.27. The Kier molecular flexibility index (Phi) is 6.42. The molecule has 1 aliphatic rings. The lowest BCUT2D eigenvalue weighted by atomic mass is 10.1. The first-order valence-electron chi connectivity index (χ1n) is 10.5. The normalized spacial score (nSPS) is 14.8. The summed E-state index contributed by atoms with van der Waals surface area (Å²) in [6.45, 7) is 2.96. The number of halogens is 6. The molecule has 4 heterocycles. The fraction of sp³-hybridized carbons (Fsp3) is 0.450. The van der Waals surface area contributed by atoms with E-state index < -0.39 is 29.0 Å². The Labute approximate surface area is 194 Å². The number of anilines is 2. The van der Waals surface area contributed by atoms with Gasteiger partial charge in [-0.2, -0.15) is 36.5 Å². The highest BCUT2D eigenvalue weighted by Crippen LogP contribution is 2.32. The number of hydrogen-bond donors (Lipinski definition) is 2. The summed E-state index contributed by atoms with van der Waals surface area (Å²) in [6, 6.07) is -0.366. The van der Waals surface area contributed by atoms with E-state index in [9.17, 15) is 31.1 Å². The van der Waals surface area contributed by atoms with E-state index >= 15 is 0 Å². The van der Waals surface area contributed by atoms with Crippen LogP contribution < -0.4 is 15.8 Å². The van der Waals surface area contributed by atoms with E-state index in [1.54, 1.807) is 21.6 Å². The molecule has 188 valence electrons. The second kappa shape index (κ2) is 9.19. The molecule has 0 fully saturated rings. The molecule has 0 unspecified atom stereocenters. The van der Waals surface area contributed by atoms with Crippen LogP contribution in [0, 0.1) is 0 Å². The average Bonchev–Trinajstić information content (AvgIpc) is 3.31. The Morgan fingerprint density at radius 1 is 1.09 bits per heavy atom. The lowest BCUT2D eigenvalue weighted by Gasteiger charge is -2.18. The average molecular weight is 502 g/mol. The van der Waals surface area contributed by atoms with Crippen molar-refractivity contribution in [2.24, 2.45) is 0 Å². The number of H-pyrrole nitrogens is 1. The number of fused-ring (bicyclic) bond motifs is 1. The van der Waals surface area contributed by atoms with Crippen molar-refractivity contribution in [1.29, 1.82) is 0 Å². The number of aromatic nitrogens is 6. The van der Waals surface area contributed by atoms with Crippen molar-refractivity contribution in [2.75, 3.05) is 10.2 Å². The van der Waals surface area contributed by atoms with Gasteiger partial charge >= 0.3 is 12.4 Å². The first-order valence-corrected chi connectivity index (χ1v) is 10.5. The first-order chi connectivity index (χ1) is 16.4.